The van der Waals surface area contributed by atoms with Gasteiger partial charge in [-0.25, -0.2) is 4.79 Å². The molecule has 0 saturated carbocycles. The fraction of sp³-hybridized carbons (Fsp3) is 0.375. The number of hydrogen-bond donors (Lipinski definition) is 1. The number of esters is 1. The molecule has 0 aromatic heterocycles. The molecule has 0 unspecified atom stereocenters. The molecular weight excluding hydrogens is 314 g/mol. The number of terminal acetylenes is 1. The number of carbonyl (C=O) groups excluding carboxylic acids is 2. The van der Waals surface area contributed by atoms with Gasteiger partial charge in [0.15, 0.2) is 6.61 Å². The van der Waals surface area contributed by atoms with Crippen LogP contribution in [0.5, 0.6) is 0 Å². The van der Waals surface area contributed by atoms with Crippen molar-refractivity contribution in [3.8, 4) is 12.3 Å². The van der Waals surface area contributed by atoms with Crippen LogP contribution in [0.3, 0.4) is 0 Å². The Morgan fingerprint density at radius 3 is 2.71 bits per heavy atom. The van der Waals surface area contributed by atoms with Gasteiger partial charge >= 0.3 is 5.97 Å². The van der Waals surface area contributed by atoms with Crippen molar-refractivity contribution in [1.82, 2.24) is 5.32 Å². The molecular formula is C16H17N3O5. The minimum atomic E-state index is -0.804. The minimum Gasteiger partial charge on any atom is -0.452 e. The number of hydrogen-bond acceptors (Lipinski definition) is 6. The fourth-order valence-electron chi connectivity index (χ4n) is 2.44. The Kier molecular flexibility index (Phi) is 5.73. The lowest BCUT2D eigenvalue weighted by Crippen LogP contribution is -2.29. The molecule has 2 rings (SSSR count). The van der Waals surface area contributed by atoms with Crippen LogP contribution in [0.1, 0.15) is 23.2 Å². The van der Waals surface area contributed by atoms with E-state index in [9.17, 15) is 19.7 Å². The summed E-state index contributed by atoms with van der Waals surface area (Å²) in [7, 11) is 0. The van der Waals surface area contributed by atoms with Crippen molar-refractivity contribution in [3.05, 3.63) is 33.9 Å². The molecule has 0 aliphatic carbocycles. The molecule has 1 aliphatic rings. The monoisotopic (exact) mass is 331 g/mol. The zero-order valence-corrected chi connectivity index (χ0v) is 13.0. The van der Waals surface area contributed by atoms with E-state index >= 15 is 0 Å². The predicted octanol–water partition coefficient (Wildman–Crippen LogP) is 1.10. The number of benzene rings is 1. The molecule has 1 aliphatic heterocycles. The van der Waals surface area contributed by atoms with E-state index in [0.29, 0.717) is 5.69 Å². The quantitative estimate of drug-likeness (QED) is 0.362. The van der Waals surface area contributed by atoms with Crippen molar-refractivity contribution in [2.24, 2.45) is 0 Å². The van der Waals surface area contributed by atoms with Gasteiger partial charge in [0.1, 0.15) is 5.69 Å². The van der Waals surface area contributed by atoms with Crippen molar-refractivity contribution in [1.29, 1.82) is 0 Å². The molecule has 1 N–H and O–H groups in total. The van der Waals surface area contributed by atoms with Crippen LogP contribution >= 0.6 is 0 Å². The topological polar surface area (TPSA) is 102 Å². The Hall–Kier alpha value is -3.08. The maximum Gasteiger partial charge on any atom is 0.338 e. The number of amides is 1. The number of nitrogens with one attached hydrogen (secondary N) is 1. The molecule has 24 heavy (non-hydrogen) atoms. The smallest absolute Gasteiger partial charge is 0.338 e. The highest BCUT2D eigenvalue weighted by Gasteiger charge is 2.24. The van der Waals surface area contributed by atoms with Crippen molar-refractivity contribution in [2.45, 2.75) is 12.8 Å². The summed E-state index contributed by atoms with van der Waals surface area (Å²) in [6.07, 6.45) is 6.95. The molecule has 8 nitrogen and oxygen atoms in total. The molecule has 0 atom stereocenters. The van der Waals surface area contributed by atoms with Gasteiger partial charge in [-0.2, -0.15) is 0 Å². The maximum atomic E-state index is 12.0. The van der Waals surface area contributed by atoms with Gasteiger partial charge in [0.25, 0.3) is 11.6 Å². The molecule has 126 valence electrons. The van der Waals surface area contributed by atoms with E-state index in [1.165, 1.54) is 12.1 Å². The molecule has 0 spiro atoms. The van der Waals surface area contributed by atoms with Crippen molar-refractivity contribution >= 4 is 23.3 Å². The number of ether oxygens (including phenoxy) is 1. The van der Waals surface area contributed by atoms with E-state index in [4.69, 9.17) is 11.2 Å². The van der Waals surface area contributed by atoms with Gasteiger partial charge in [0.2, 0.25) is 0 Å². The van der Waals surface area contributed by atoms with E-state index < -0.39 is 23.4 Å². The third-order valence-electron chi connectivity index (χ3n) is 3.58. The van der Waals surface area contributed by atoms with Crippen LogP contribution < -0.4 is 10.2 Å². The third-order valence-corrected chi connectivity index (χ3v) is 3.58. The Morgan fingerprint density at radius 1 is 1.38 bits per heavy atom. The summed E-state index contributed by atoms with van der Waals surface area (Å²) in [6, 6.07) is 4.18. The summed E-state index contributed by atoms with van der Waals surface area (Å²) >= 11 is 0. The van der Waals surface area contributed by atoms with Crippen LogP contribution in [0, 0.1) is 22.5 Å². The predicted molar refractivity (Wildman–Crippen MR) is 86.7 cm³/mol. The molecule has 0 radical (unpaired) electrons. The first-order valence-corrected chi connectivity index (χ1v) is 7.43. The zero-order chi connectivity index (χ0) is 17.5. The van der Waals surface area contributed by atoms with Crippen molar-refractivity contribution in [3.63, 3.8) is 0 Å². The highest BCUT2D eigenvalue weighted by molar-refractivity contribution is 5.93. The second kappa shape index (κ2) is 7.97. The second-order valence-electron chi connectivity index (χ2n) is 5.21. The zero-order valence-electron chi connectivity index (χ0n) is 13.0. The largest absolute Gasteiger partial charge is 0.452 e. The molecule has 1 amide bonds. The lowest BCUT2D eigenvalue weighted by Gasteiger charge is -2.17. The van der Waals surface area contributed by atoms with E-state index in [1.54, 1.807) is 6.07 Å². The maximum absolute atomic E-state index is 12.0. The summed E-state index contributed by atoms with van der Waals surface area (Å²) in [5, 5.41) is 13.6. The van der Waals surface area contributed by atoms with Crippen LogP contribution in [0.25, 0.3) is 0 Å². The number of carbonyl (C=O) groups is 2. The van der Waals surface area contributed by atoms with Gasteiger partial charge in [0, 0.05) is 19.2 Å². The Labute approximate surface area is 138 Å². The highest BCUT2D eigenvalue weighted by Crippen LogP contribution is 2.31. The van der Waals surface area contributed by atoms with Crippen molar-refractivity contribution in [2.75, 3.05) is 31.1 Å². The average molecular weight is 331 g/mol. The molecule has 0 bridgehead atoms. The summed E-state index contributed by atoms with van der Waals surface area (Å²) in [5.41, 5.74) is 0.360. The first kappa shape index (κ1) is 17.3. The van der Waals surface area contributed by atoms with Gasteiger partial charge in [-0.1, -0.05) is 5.92 Å². The van der Waals surface area contributed by atoms with Gasteiger partial charge in [0.05, 0.1) is 17.0 Å². The molecule has 1 aromatic carbocycles. The normalized spacial score (nSPS) is 13.2. The number of nitrogens with zero attached hydrogens (tertiary/aromatic N) is 2. The lowest BCUT2D eigenvalue weighted by molar-refractivity contribution is -0.384. The highest BCUT2D eigenvalue weighted by atomic mass is 16.6. The van der Waals surface area contributed by atoms with Gasteiger partial charge in [-0.05, 0) is 25.0 Å². The standard InChI is InChI=1S/C16H17N3O5/c1-2-7-17-15(20)11-24-16(21)12-5-6-13(14(10-12)19(22)23)18-8-3-4-9-18/h1,5-6,10H,3-4,7-9,11H2,(H,17,20). The number of rotatable bonds is 6. The number of nitro benzene ring substituents is 1. The number of anilines is 1. The first-order valence-electron chi connectivity index (χ1n) is 7.43. The van der Waals surface area contributed by atoms with Crippen LogP contribution in [-0.2, 0) is 9.53 Å². The van der Waals surface area contributed by atoms with Crippen LogP contribution in [0.15, 0.2) is 18.2 Å². The van der Waals surface area contributed by atoms with Gasteiger partial charge in [-0.3, -0.25) is 14.9 Å². The van der Waals surface area contributed by atoms with E-state index in [-0.39, 0.29) is 17.8 Å². The van der Waals surface area contributed by atoms with E-state index in [2.05, 4.69) is 11.2 Å². The summed E-state index contributed by atoms with van der Waals surface area (Å²) in [5.74, 6) is 0.877. The van der Waals surface area contributed by atoms with Crippen LogP contribution in [0.2, 0.25) is 0 Å². The Balaban J connectivity index is 2.09. The summed E-state index contributed by atoms with van der Waals surface area (Å²) in [4.78, 5) is 36.0. The Bertz CT molecular complexity index is 689. The van der Waals surface area contributed by atoms with Crippen molar-refractivity contribution < 1.29 is 19.2 Å². The molecule has 1 saturated heterocycles. The summed E-state index contributed by atoms with van der Waals surface area (Å²) < 4.78 is 4.83. The summed E-state index contributed by atoms with van der Waals surface area (Å²) in [6.45, 7) is 1.04. The molecule has 1 fully saturated rings. The first-order chi connectivity index (χ1) is 11.5. The fourth-order valence-corrected chi connectivity index (χ4v) is 2.44. The van der Waals surface area contributed by atoms with Crippen LogP contribution in [-0.4, -0.2) is 43.0 Å². The van der Waals surface area contributed by atoms with Gasteiger partial charge < -0.3 is 15.0 Å². The Morgan fingerprint density at radius 2 is 2.08 bits per heavy atom. The second-order valence-corrected chi connectivity index (χ2v) is 5.21. The SMILES string of the molecule is C#CCNC(=O)COC(=O)c1ccc(N2CCCC2)c([N+](=O)[O-])c1. The van der Waals surface area contributed by atoms with Crippen LogP contribution in [0.4, 0.5) is 11.4 Å². The number of nitro groups is 1. The lowest BCUT2D eigenvalue weighted by atomic mass is 10.1. The average Bonchev–Trinajstić information content (AvgIpc) is 3.11. The molecule has 1 heterocycles. The van der Waals surface area contributed by atoms with Gasteiger partial charge in [-0.15, -0.1) is 6.42 Å². The van der Waals surface area contributed by atoms with E-state index in [0.717, 1.165) is 25.9 Å². The third kappa shape index (κ3) is 4.23. The van der Waals surface area contributed by atoms with E-state index in [1.807, 2.05) is 4.90 Å². The minimum absolute atomic E-state index is 0.0226. The molecule has 8 heteroatoms. The molecule has 1 aromatic rings.